The lowest BCUT2D eigenvalue weighted by atomic mass is 10.0. The first-order chi connectivity index (χ1) is 11.8. The van der Waals surface area contributed by atoms with E-state index < -0.39 is 12.0 Å². The van der Waals surface area contributed by atoms with Gasteiger partial charge in [0.15, 0.2) is 0 Å². The van der Waals surface area contributed by atoms with Gasteiger partial charge in [-0.05, 0) is 25.5 Å². The number of nitrogens with zero attached hydrogens (tertiary/aromatic N) is 2. The molecule has 2 N–H and O–H groups in total. The lowest BCUT2D eigenvalue weighted by Gasteiger charge is -2.17. The highest BCUT2D eigenvalue weighted by Crippen LogP contribution is 2.28. The largest absolute Gasteiger partial charge is 0.481 e. The Morgan fingerprint density at radius 1 is 1.28 bits per heavy atom. The van der Waals surface area contributed by atoms with Crippen LogP contribution in [0.15, 0.2) is 30.3 Å². The summed E-state index contributed by atoms with van der Waals surface area (Å²) >= 11 is 1.35. The fraction of sp³-hybridized carbons (Fsp3) is 0.278. The second-order valence-corrected chi connectivity index (χ2v) is 7.10. The maximum atomic E-state index is 12.6. The summed E-state index contributed by atoms with van der Waals surface area (Å²) in [6.45, 7) is 3.86. The van der Waals surface area contributed by atoms with E-state index in [0.29, 0.717) is 4.88 Å². The highest BCUT2D eigenvalue weighted by Gasteiger charge is 2.21. The molecule has 2 aromatic heterocycles. The highest BCUT2D eigenvalue weighted by atomic mass is 32.1. The molecule has 2 heterocycles. The van der Waals surface area contributed by atoms with Gasteiger partial charge in [0.2, 0.25) is 0 Å². The van der Waals surface area contributed by atoms with Crippen molar-refractivity contribution in [3.63, 3.8) is 0 Å². The van der Waals surface area contributed by atoms with E-state index >= 15 is 0 Å². The van der Waals surface area contributed by atoms with E-state index in [1.54, 1.807) is 4.68 Å². The van der Waals surface area contributed by atoms with Gasteiger partial charge in [-0.1, -0.05) is 29.8 Å². The third-order valence-electron chi connectivity index (χ3n) is 4.08. The number of carboxylic acids is 1. The van der Waals surface area contributed by atoms with Crippen molar-refractivity contribution < 1.29 is 14.7 Å². The number of fused-ring (bicyclic) bond motifs is 1. The monoisotopic (exact) mass is 357 g/mol. The predicted octanol–water partition coefficient (Wildman–Crippen LogP) is 3.20. The first kappa shape index (κ1) is 17.2. The van der Waals surface area contributed by atoms with Crippen LogP contribution in [0.4, 0.5) is 0 Å². The summed E-state index contributed by atoms with van der Waals surface area (Å²) in [5, 5.41) is 17.3. The van der Waals surface area contributed by atoms with E-state index in [2.05, 4.69) is 10.4 Å². The van der Waals surface area contributed by atoms with Crippen molar-refractivity contribution in [2.75, 3.05) is 0 Å². The average molecular weight is 357 g/mol. The fourth-order valence-electron chi connectivity index (χ4n) is 2.77. The number of amides is 1. The predicted molar refractivity (Wildman–Crippen MR) is 97.0 cm³/mol. The molecular weight excluding hydrogens is 338 g/mol. The van der Waals surface area contributed by atoms with Crippen molar-refractivity contribution in [1.82, 2.24) is 15.1 Å². The second kappa shape index (κ2) is 6.68. The molecule has 0 spiro atoms. The Labute approximate surface area is 149 Å². The van der Waals surface area contributed by atoms with Crippen LogP contribution >= 0.6 is 11.3 Å². The molecule has 25 heavy (non-hydrogen) atoms. The molecule has 0 bridgehead atoms. The van der Waals surface area contributed by atoms with Gasteiger partial charge < -0.3 is 10.4 Å². The molecule has 1 amide bonds. The Hall–Kier alpha value is -2.67. The maximum Gasteiger partial charge on any atom is 0.305 e. The Morgan fingerprint density at radius 2 is 1.96 bits per heavy atom. The van der Waals surface area contributed by atoms with E-state index in [1.165, 1.54) is 11.3 Å². The van der Waals surface area contributed by atoms with E-state index in [1.807, 2.05) is 51.2 Å². The van der Waals surface area contributed by atoms with Crippen molar-refractivity contribution in [3.05, 3.63) is 52.0 Å². The lowest BCUT2D eigenvalue weighted by Crippen LogP contribution is -2.29. The second-order valence-electron chi connectivity index (χ2n) is 6.07. The minimum atomic E-state index is -0.956. The van der Waals surface area contributed by atoms with Crippen molar-refractivity contribution in [3.8, 4) is 0 Å². The molecule has 6 nitrogen and oxygen atoms in total. The SMILES string of the molecule is Cc1ccc(C(CC(=O)O)NC(=O)c2cc3c(C)nn(C)c3s2)cc1. The number of aromatic nitrogens is 2. The zero-order valence-corrected chi connectivity index (χ0v) is 15.1. The number of aryl methyl sites for hydroxylation is 3. The lowest BCUT2D eigenvalue weighted by molar-refractivity contribution is -0.137. The normalized spacial score (nSPS) is 12.3. The summed E-state index contributed by atoms with van der Waals surface area (Å²) in [5.41, 5.74) is 2.73. The minimum Gasteiger partial charge on any atom is -0.481 e. The molecule has 0 aliphatic rings. The van der Waals surface area contributed by atoms with E-state index in [0.717, 1.165) is 27.0 Å². The number of hydrogen-bond donors (Lipinski definition) is 2. The quantitative estimate of drug-likeness (QED) is 0.734. The van der Waals surface area contributed by atoms with Crippen molar-refractivity contribution in [1.29, 1.82) is 0 Å². The standard InChI is InChI=1S/C18H19N3O3S/c1-10-4-6-12(7-5-10)14(9-16(22)23)19-17(24)15-8-13-11(2)20-21(3)18(13)25-15/h4-8,14H,9H2,1-3H3,(H,19,24)(H,22,23). The Morgan fingerprint density at radius 3 is 2.56 bits per heavy atom. The van der Waals surface area contributed by atoms with Crippen LogP contribution in [0.25, 0.3) is 10.2 Å². The zero-order chi connectivity index (χ0) is 18.1. The Balaban J connectivity index is 1.86. The van der Waals surface area contributed by atoms with Crippen molar-refractivity contribution in [2.45, 2.75) is 26.3 Å². The molecule has 3 aromatic rings. The molecule has 1 aromatic carbocycles. The summed E-state index contributed by atoms with van der Waals surface area (Å²) in [7, 11) is 1.84. The summed E-state index contributed by atoms with van der Waals surface area (Å²) < 4.78 is 1.75. The van der Waals surface area contributed by atoms with Gasteiger partial charge in [0.05, 0.1) is 23.0 Å². The molecule has 0 aliphatic carbocycles. The highest BCUT2D eigenvalue weighted by molar-refractivity contribution is 7.20. The van der Waals surface area contributed by atoms with Crippen LogP contribution in [0.1, 0.15) is 39.0 Å². The van der Waals surface area contributed by atoms with Gasteiger partial charge in [0.1, 0.15) is 4.83 Å². The molecule has 7 heteroatoms. The van der Waals surface area contributed by atoms with Gasteiger partial charge in [0.25, 0.3) is 5.91 Å². The van der Waals surface area contributed by atoms with Crippen molar-refractivity contribution in [2.24, 2.45) is 7.05 Å². The third kappa shape index (κ3) is 3.56. The molecular formula is C18H19N3O3S. The van der Waals surface area contributed by atoms with E-state index in [4.69, 9.17) is 0 Å². The number of carbonyl (C=O) groups is 2. The minimum absolute atomic E-state index is 0.166. The van der Waals surface area contributed by atoms with Crippen LogP contribution in [0.3, 0.4) is 0 Å². The molecule has 1 unspecified atom stereocenters. The number of benzene rings is 1. The molecule has 0 radical (unpaired) electrons. The number of nitrogens with one attached hydrogen (secondary N) is 1. The Bertz CT molecular complexity index is 906. The van der Waals surface area contributed by atoms with Gasteiger partial charge in [-0.15, -0.1) is 11.3 Å². The van der Waals surface area contributed by atoms with Crippen molar-refractivity contribution >= 4 is 33.4 Å². The Kier molecular flexibility index (Phi) is 4.59. The summed E-state index contributed by atoms with van der Waals surface area (Å²) in [5.74, 6) is -1.23. The zero-order valence-electron chi connectivity index (χ0n) is 14.2. The van der Waals surface area contributed by atoms with Crippen LogP contribution < -0.4 is 5.32 Å². The van der Waals surface area contributed by atoms with Crippen LogP contribution in [0.2, 0.25) is 0 Å². The van der Waals surface area contributed by atoms with Gasteiger partial charge in [0, 0.05) is 12.4 Å². The van der Waals surface area contributed by atoms with Gasteiger partial charge in [-0.25, -0.2) is 0 Å². The molecule has 0 saturated heterocycles. The molecule has 1 atom stereocenters. The van der Waals surface area contributed by atoms with Crippen LogP contribution in [0.5, 0.6) is 0 Å². The van der Waals surface area contributed by atoms with Crippen LogP contribution in [0, 0.1) is 13.8 Å². The number of hydrogen-bond acceptors (Lipinski definition) is 4. The van der Waals surface area contributed by atoms with Crippen LogP contribution in [-0.4, -0.2) is 26.8 Å². The number of carboxylic acid groups (broad SMARTS) is 1. The average Bonchev–Trinajstić information content (AvgIpc) is 3.09. The van der Waals surface area contributed by atoms with Gasteiger partial charge in [-0.3, -0.25) is 14.3 Å². The smallest absolute Gasteiger partial charge is 0.305 e. The number of thiophene rings is 1. The third-order valence-corrected chi connectivity index (χ3v) is 5.28. The van der Waals surface area contributed by atoms with Gasteiger partial charge >= 0.3 is 5.97 Å². The van der Waals surface area contributed by atoms with Gasteiger partial charge in [-0.2, -0.15) is 5.10 Å². The molecule has 0 aliphatic heterocycles. The van der Waals surface area contributed by atoms with E-state index in [9.17, 15) is 14.7 Å². The first-order valence-electron chi connectivity index (χ1n) is 7.87. The molecule has 3 rings (SSSR count). The first-order valence-corrected chi connectivity index (χ1v) is 8.69. The molecule has 0 saturated carbocycles. The topological polar surface area (TPSA) is 84.2 Å². The number of rotatable bonds is 5. The fourth-order valence-corrected chi connectivity index (χ4v) is 3.80. The summed E-state index contributed by atoms with van der Waals surface area (Å²) in [4.78, 5) is 25.3. The maximum absolute atomic E-state index is 12.6. The molecule has 0 fully saturated rings. The van der Waals surface area contributed by atoms with Crippen LogP contribution in [-0.2, 0) is 11.8 Å². The number of aliphatic carboxylic acids is 1. The van der Waals surface area contributed by atoms with E-state index in [-0.39, 0.29) is 12.3 Å². The summed E-state index contributed by atoms with van der Waals surface area (Å²) in [6, 6.07) is 8.75. The number of carbonyl (C=O) groups excluding carboxylic acids is 1. The summed E-state index contributed by atoms with van der Waals surface area (Å²) in [6.07, 6.45) is -0.166. The molecule has 130 valence electrons.